The van der Waals surface area contributed by atoms with Gasteiger partial charge in [0.1, 0.15) is 0 Å². The van der Waals surface area contributed by atoms with Crippen molar-refractivity contribution in [3.05, 3.63) is 35.4 Å². The Kier molecular flexibility index (Phi) is 7.87. The fourth-order valence-corrected chi connectivity index (χ4v) is 5.44. The Morgan fingerprint density at radius 2 is 1.96 bits per heavy atom. The lowest BCUT2D eigenvalue weighted by Gasteiger charge is -2.32. The topological polar surface area (TPSA) is 32.3 Å². The first kappa shape index (κ1) is 19.8. The van der Waals surface area contributed by atoms with Gasteiger partial charge in [0.2, 0.25) is 5.91 Å². The van der Waals surface area contributed by atoms with Crippen molar-refractivity contribution in [3.8, 4) is 0 Å². The second-order valence-corrected chi connectivity index (χ2v) is 9.33. The molecule has 0 bridgehead atoms. The summed E-state index contributed by atoms with van der Waals surface area (Å²) in [6, 6.07) is 8.59. The number of piperidine rings is 1. The molecule has 0 spiro atoms. The molecule has 3 nitrogen and oxygen atoms in total. The first-order valence-electron chi connectivity index (χ1n) is 10.4. The molecule has 0 aromatic heterocycles. The predicted octanol–water partition coefficient (Wildman–Crippen LogP) is 4.39. The number of rotatable bonds is 7. The van der Waals surface area contributed by atoms with Gasteiger partial charge in [0.05, 0.1) is 5.92 Å². The minimum absolute atomic E-state index is 0.160. The largest absolute Gasteiger partial charge is 0.355 e. The van der Waals surface area contributed by atoms with Crippen LogP contribution in [0.5, 0.6) is 0 Å². The van der Waals surface area contributed by atoms with Crippen LogP contribution in [0.2, 0.25) is 0 Å². The third-order valence-corrected chi connectivity index (χ3v) is 7.22. The van der Waals surface area contributed by atoms with E-state index in [1.54, 1.807) is 0 Å². The minimum Gasteiger partial charge on any atom is -0.355 e. The average molecular weight is 375 g/mol. The van der Waals surface area contributed by atoms with Crippen LogP contribution in [0.4, 0.5) is 0 Å². The molecule has 144 valence electrons. The molecule has 1 N–H and O–H groups in total. The Morgan fingerprint density at radius 1 is 1.15 bits per heavy atom. The molecular formula is C22H34N2OS. The van der Waals surface area contributed by atoms with Crippen molar-refractivity contribution in [2.24, 2.45) is 5.92 Å². The highest BCUT2D eigenvalue weighted by molar-refractivity contribution is 7.99. The summed E-state index contributed by atoms with van der Waals surface area (Å²) in [4.78, 5) is 15.0. The Hall–Kier alpha value is -1.00. The molecule has 3 rings (SSSR count). The highest BCUT2D eigenvalue weighted by Gasteiger charge is 2.25. The van der Waals surface area contributed by atoms with E-state index in [0.29, 0.717) is 0 Å². The standard InChI is InChI=1S/C22H34N2OS/c1-18-8-5-6-9-19(18)16-24-14-7-10-20(17-24)22(25)23-13-15-26-21-11-3-2-4-12-21/h5-6,8-9,20-21H,2-4,7,10-17H2,1H3,(H,23,25). The molecule has 1 saturated heterocycles. The number of carbonyl (C=O) groups excluding carboxylic acids is 1. The maximum Gasteiger partial charge on any atom is 0.224 e. The summed E-state index contributed by atoms with van der Waals surface area (Å²) in [5.41, 5.74) is 2.73. The van der Waals surface area contributed by atoms with Crippen molar-refractivity contribution in [2.75, 3.05) is 25.4 Å². The highest BCUT2D eigenvalue weighted by Crippen LogP contribution is 2.27. The van der Waals surface area contributed by atoms with E-state index >= 15 is 0 Å². The van der Waals surface area contributed by atoms with Crippen LogP contribution in [-0.4, -0.2) is 41.4 Å². The van der Waals surface area contributed by atoms with Gasteiger partial charge in [0, 0.05) is 30.6 Å². The highest BCUT2D eigenvalue weighted by atomic mass is 32.2. The van der Waals surface area contributed by atoms with Crippen LogP contribution in [-0.2, 0) is 11.3 Å². The van der Waals surface area contributed by atoms with E-state index in [-0.39, 0.29) is 11.8 Å². The maximum absolute atomic E-state index is 12.6. The van der Waals surface area contributed by atoms with Crippen molar-refractivity contribution >= 4 is 17.7 Å². The van der Waals surface area contributed by atoms with Crippen LogP contribution in [0.15, 0.2) is 24.3 Å². The zero-order chi connectivity index (χ0) is 18.2. The third kappa shape index (κ3) is 6.02. The number of nitrogens with one attached hydrogen (secondary N) is 1. The fraction of sp³-hybridized carbons (Fsp3) is 0.682. The van der Waals surface area contributed by atoms with E-state index in [9.17, 15) is 4.79 Å². The van der Waals surface area contributed by atoms with Crippen molar-refractivity contribution < 1.29 is 4.79 Å². The lowest BCUT2D eigenvalue weighted by Crippen LogP contribution is -2.43. The van der Waals surface area contributed by atoms with E-state index in [4.69, 9.17) is 0 Å². The molecule has 0 radical (unpaired) electrons. The molecule has 1 aromatic carbocycles. The SMILES string of the molecule is Cc1ccccc1CN1CCCC(C(=O)NCCSC2CCCCC2)C1. The summed E-state index contributed by atoms with van der Waals surface area (Å²) in [6.45, 7) is 5.97. The van der Waals surface area contributed by atoms with Gasteiger partial charge in [-0.15, -0.1) is 0 Å². The normalized spacial score (nSPS) is 22.3. The summed E-state index contributed by atoms with van der Waals surface area (Å²) < 4.78 is 0. The number of carbonyl (C=O) groups is 1. The number of amides is 1. The molecule has 1 heterocycles. The number of nitrogens with zero attached hydrogens (tertiary/aromatic N) is 1. The quantitative estimate of drug-likeness (QED) is 0.719. The molecule has 1 aliphatic heterocycles. The molecule has 1 aliphatic carbocycles. The van der Waals surface area contributed by atoms with Crippen LogP contribution in [0.1, 0.15) is 56.1 Å². The molecule has 1 amide bonds. The van der Waals surface area contributed by atoms with Crippen LogP contribution in [0.25, 0.3) is 0 Å². The summed E-state index contributed by atoms with van der Waals surface area (Å²) in [5.74, 6) is 1.49. The number of hydrogen-bond acceptors (Lipinski definition) is 3. The molecule has 1 unspecified atom stereocenters. The van der Waals surface area contributed by atoms with E-state index in [1.165, 1.54) is 43.2 Å². The van der Waals surface area contributed by atoms with Gasteiger partial charge >= 0.3 is 0 Å². The van der Waals surface area contributed by atoms with Crippen LogP contribution >= 0.6 is 11.8 Å². The van der Waals surface area contributed by atoms with Gasteiger partial charge < -0.3 is 5.32 Å². The Bertz CT molecular complexity index is 571. The number of hydrogen-bond donors (Lipinski definition) is 1. The van der Waals surface area contributed by atoms with E-state index < -0.39 is 0 Å². The smallest absolute Gasteiger partial charge is 0.224 e. The summed E-state index contributed by atoms with van der Waals surface area (Å²) in [5, 5.41) is 4.03. The van der Waals surface area contributed by atoms with Crippen LogP contribution < -0.4 is 5.32 Å². The molecule has 1 aromatic rings. The monoisotopic (exact) mass is 374 g/mol. The average Bonchev–Trinajstić information content (AvgIpc) is 2.68. The lowest BCUT2D eigenvalue weighted by molar-refractivity contribution is -0.126. The fourth-order valence-electron chi connectivity index (χ4n) is 4.22. The van der Waals surface area contributed by atoms with Gasteiger partial charge in [-0.1, -0.05) is 43.5 Å². The molecule has 4 heteroatoms. The lowest BCUT2D eigenvalue weighted by atomic mass is 9.96. The zero-order valence-corrected chi connectivity index (χ0v) is 17.0. The predicted molar refractivity (Wildman–Crippen MR) is 112 cm³/mol. The second kappa shape index (κ2) is 10.4. The minimum atomic E-state index is 0.160. The Balaban J connectivity index is 1.38. The summed E-state index contributed by atoms with van der Waals surface area (Å²) in [6.07, 6.45) is 9.09. The van der Waals surface area contributed by atoms with Gasteiger partial charge in [-0.05, 0) is 50.3 Å². The summed E-state index contributed by atoms with van der Waals surface area (Å²) >= 11 is 2.06. The van der Waals surface area contributed by atoms with Crippen molar-refractivity contribution in [1.82, 2.24) is 10.2 Å². The van der Waals surface area contributed by atoms with E-state index in [2.05, 4.69) is 53.2 Å². The molecule has 1 atom stereocenters. The number of thioether (sulfide) groups is 1. The van der Waals surface area contributed by atoms with Gasteiger partial charge in [0.25, 0.3) is 0 Å². The van der Waals surface area contributed by atoms with E-state index in [1.807, 2.05) is 0 Å². The van der Waals surface area contributed by atoms with E-state index in [0.717, 1.165) is 50.0 Å². The number of likely N-dealkylation sites (tertiary alicyclic amines) is 1. The first-order valence-corrected chi connectivity index (χ1v) is 11.4. The molecular weight excluding hydrogens is 340 g/mol. The third-order valence-electron chi connectivity index (χ3n) is 5.84. The Morgan fingerprint density at radius 3 is 2.77 bits per heavy atom. The maximum atomic E-state index is 12.6. The zero-order valence-electron chi connectivity index (χ0n) is 16.2. The summed E-state index contributed by atoms with van der Waals surface area (Å²) in [7, 11) is 0. The molecule has 26 heavy (non-hydrogen) atoms. The van der Waals surface area contributed by atoms with Gasteiger partial charge in [-0.3, -0.25) is 9.69 Å². The number of benzene rings is 1. The van der Waals surface area contributed by atoms with Gasteiger partial charge in [0.15, 0.2) is 0 Å². The second-order valence-electron chi connectivity index (χ2n) is 7.92. The van der Waals surface area contributed by atoms with Crippen molar-refractivity contribution in [2.45, 2.75) is 63.7 Å². The Labute approximate surface area is 163 Å². The molecule has 2 fully saturated rings. The van der Waals surface area contributed by atoms with Crippen molar-refractivity contribution in [1.29, 1.82) is 0 Å². The van der Waals surface area contributed by atoms with Crippen LogP contribution in [0, 0.1) is 12.8 Å². The molecule has 2 aliphatic rings. The first-order chi connectivity index (χ1) is 12.7. The van der Waals surface area contributed by atoms with Crippen molar-refractivity contribution in [3.63, 3.8) is 0 Å². The number of aryl methyl sites for hydroxylation is 1. The van der Waals surface area contributed by atoms with Gasteiger partial charge in [-0.25, -0.2) is 0 Å². The van der Waals surface area contributed by atoms with Crippen LogP contribution in [0.3, 0.4) is 0 Å². The van der Waals surface area contributed by atoms with Gasteiger partial charge in [-0.2, -0.15) is 11.8 Å². The molecule has 1 saturated carbocycles.